The van der Waals surface area contributed by atoms with Gasteiger partial charge in [0.05, 0.1) is 0 Å². The number of aryl methyl sites for hydroxylation is 2. The van der Waals surface area contributed by atoms with Crippen LogP contribution in [0.3, 0.4) is 0 Å². The number of carbonyl (C=O) groups is 1. The lowest BCUT2D eigenvalue weighted by Gasteiger charge is -2.08. The first kappa shape index (κ1) is 14.7. The molecule has 0 bridgehead atoms. The number of amides is 1. The highest BCUT2D eigenvalue weighted by atomic mass is 16.1. The summed E-state index contributed by atoms with van der Waals surface area (Å²) in [7, 11) is 0. The number of nitrogens with zero attached hydrogens (tertiary/aromatic N) is 2. The van der Waals surface area contributed by atoms with Gasteiger partial charge in [-0.25, -0.2) is 9.97 Å². The third-order valence-corrected chi connectivity index (χ3v) is 2.80. The molecular formula is C16H18N4O. The molecule has 21 heavy (non-hydrogen) atoms. The van der Waals surface area contributed by atoms with E-state index in [-0.39, 0.29) is 5.91 Å². The maximum Gasteiger partial charge on any atom is 0.270 e. The fraction of sp³-hybridized carbons (Fsp3) is 0.188. The van der Waals surface area contributed by atoms with E-state index in [1.807, 2.05) is 38.1 Å². The van der Waals surface area contributed by atoms with Crippen LogP contribution in [0, 0.1) is 13.8 Å². The third-order valence-electron chi connectivity index (χ3n) is 2.80. The van der Waals surface area contributed by atoms with Gasteiger partial charge in [-0.1, -0.05) is 23.8 Å². The Hall–Kier alpha value is -2.69. The zero-order valence-corrected chi connectivity index (χ0v) is 12.2. The molecule has 1 aromatic carbocycles. The molecule has 108 valence electrons. The van der Waals surface area contributed by atoms with Crippen LogP contribution in [0.2, 0.25) is 0 Å². The zero-order valence-electron chi connectivity index (χ0n) is 12.2. The smallest absolute Gasteiger partial charge is 0.270 e. The second kappa shape index (κ2) is 6.65. The molecule has 1 amide bonds. The Labute approximate surface area is 124 Å². The Bertz CT molecular complexity index is 650. The highest BCUT2D eigenvalue weighted by Gasteiger charge is 2.09. The molecule has 2 N–H and O–H groups in total. The van der Waals surface area contributed by atoms with Crippen molar-refractivity contribution in [3.05, 3.63) is 59.9 Å². The van der Waals surface area contributed by atoms with E-state index in [2.05, 4.69) is 27.2 Å². The fourth-order valence-electron chi connectivity index (χ4n) is 1.76. The van der Waals surface area contributed by atoms with E-state index >= 15 is 0 Å². The summed E-state index contributed by atoms with van der Waals surface area (Å²) in [4.78, 5) is 20.5. The standard InChI is InChI=1S/C16H18N4O/c1-4-9-17-15(21)14-10-12(3)18-16(20-14)19-13-7-5-11(2)6-8-13/h4-8,10H,1,9H2,2-3H3,(H,17,21)(H,18,19,20). The first-order valence-electron chi connectivity index (χ1n) is 6.67. The maximum atomic E-state index is 11.9. The van der Waals surface area contributed by atoms with Crippen molar-refractivity contribution in [2.24, 2.45) is 0 Å². The maximum absolute atomic E-state index is 11.9. The van der Waals surface area contributed by atoms with Crippen molar-refractivity contribution in [3.63, 3.8) is 0 Å². The van der Waals surface area contributed by atoms with Crippen LogP contribution in [-0.4, -0.2) is 22.4 Å². The zero-order chi connectivity index (χ0) is 15.2. The SMILES string of the molecule is C=CCNC(=O)c1cc(C)nc(Nc2ccc(C)cc2)n1. The van der Waals surface area contributed by atoms with Crippen molar-refractivity contribution in [3.8, 4) is 0 Å². The number of rotatable bonds is 5. The van der Waals surface area contributed by atoms with E-state index in [1.54, 1.807) is 12.1 Å². The molecule has 0 unspecified atom stereocenters. The molecule has 0 atom stereocenters. The van der Waals surface area contributed by atoms with Crippen LogP contribution < -0.4 is 10.6 Å². The highest BCUT2D eigenvalue weighted by molar-refractivity contribution is 5.92. The van der Waals surface area contributed by atoms with Crippen LogP contribution in [0.5, 0.6) is 0 Å². The fourth-order valence-corrected chi connectivity index (χ4v) is 1.76. The van der Waals surface area contributed by atoms with E-state index in [0.29, 0.717) is 18.2 Å². The van der Waals surface area contributed by atoms with Crippen molar-refractivity contribution >= 4 is 17.5 Å². The first-order valence-corrected chi connectivity index (χ1v) is 6.67. The van der Waals surface area contributed by atoms with Gasteiger partial charge in [0.2, 0.25) is 5.95 Å². The predicted octanol–water partition coefficient (Wildman–Crippen LogP) is 2.75. The van der Waals surface area contributed by atoms with E-state index in [9.17, 15) is 4.79 Å². The van der Waals surface area contributed by atoms with Gasteiger partial charge in [0.1, 0.15) is 5.69 Å². The molecule has 0 aliphatic rings. The van der Waals surface area contributed by atoms with Crippen LogP contribution in [-0.2, 0) is 0 Å². The Kier molecular flexibility index (Phi) is 4.66. The molecule has 5 heteroatoms. The summed E-state index contributed by atoms with van der Waals surface area (Å²) >= 11 is 0. The Morgan fingerprint density at radius 1 is 1.24 bits per heavy atom. The van der Waals surface area contributed by atoms with Crippen molar-refractivity contribution in [2.45, 2.75) is 13.8 Å². The minimum Gasteiger partial charge on any atom is -0.347 e. The van der Waals surface area contributed by atoms with Crippen molar-refractivity contribution in [2.75, 3.05) is 11.9 Å². The topological polar surface area (TPSA) is 66.9 Å². The summed E-state index contributed by atoms with van der Waals surface area (Å²) in [5.41, 5.74) is 3.11. The van der Waals surface area contributed by atoms with E-state index in [4.69, 9.17) is 0 Å². The van der Waals surface area contributed by atoms with E-state index in [1.165, 1.54) is 5.56 Å². The summed E-state index contributed by atoms with van der Waals surface area (Å²) < 4.78 is 0. The van der Waals surface area contributed by atoms with Crippen molar-refractivity contribution < 1.29 is 4.79 Å². The number of benzene rings is 1. The molecule has 0 aliphatic heterocycles. The largest absolute Gasteiger partial charge is 0.347 e. The normalized spacial score (nSPS) is 10.0. The molecule has 2 aromatic rings. The van der Waals surface area contributed by atoms with E-state index in [0.717, 1.165) is 11.4 Å². The molecule has 0 saturated carbocycles. The van der Waals surface area contributed by atoms with Gasteiger partial charge in [-0.3, -0.25) is 4.79 Å². The lowest BCUT2D eigenvalue weighted by atomic mass is 10.2. The minimum absolute atomic E-state index is 0.243. The molecule has 0 aliphatic carbocycles. The van der Waals surface area contributed by atoms with Gasteiger partial charge >= 0.3 is 0 Å². The Morgan fingerprint density at radius 3 is 2.62 bits per heavy atom. The Balaban J connectivity index is 2.20. The number of nitrogens with one attached hydrogen (secondary N) is 2. The molecule has 5 nitrogen and oxygen atoms in total. The Morgan fingerprint density at radius 2 is 1.95 bits per heavy atom. The molecular weight excluding hydrogens is 264 g/mol. The number of carbonyl (C=O) groups excluding carboxylic acids is 1. The summed E-state index contributed by atoms with van der Waals surface area (Å²) in [5, 5.41) is 5.80. The number of anilines is 2. The van der Waals surface area contributed by atoms with Crippen LogP contribution in [0.1, 0.15) is 21.7 Å². The van der Waals surface area contributed by atoms with Crippen LogP contribution >= 0.6 is 0 Å². The summed E-state index contributed by atoms with van der Waals surface area (Å²) in [6.45, 7) is 7.82. The van der Waals surface area contributed by atoms with Crippen molar-refractivity contribution in [1.29, 1.82) is 0 Å². The highest BCUT2D eigenvalue weighted by Crippen LogP contribution is 2.14. The molecule has 0 radical (unpaired) electrons. The van der Waals surface area contributed by atoms with Gasteiger partial charge in [0.15, 0.2) is 0 Å². The molecule has 0 fully saturated rings. The first-order chi connectivity index (χ1) is 10.1. The third kappa shape index (κ3) is 4.14. The lowest BCUT2D eigenvalue weighted by Crippen LogP contribution is -2.24. The monoisotopic (exact) mass is 282 g/mol. The van der Waals surface area contributed by atoms with Gasteiger partial charge in [0.25, 0.3) is 5.91 Å². The summed E-state index contributed by atoms with van der Waals surface area (Å²) in [6, 6.07) is 9.53. The van der Waals surface area contributed by atoms with Gasteiger partial charge in [0, 0.05) is 17.9 Å². The second-order valence-electron chi connectivity index (χ2n) is 4.71. The molecule has 1 heterocycles. The summed E-state index contributed by atoms with van der Waals surface area (Å²) in [6.07, 6.45) is 1.62. The van der Waals surface area contributed by atoms with Crippen LogP contribution in [0.15, 0.2) is 43.0 Å². The number of hydrogen-bond acceptors (Lipinski definition) is 4. The average Bonchev–Trinajstić information content (AvgIpc) is 2.46. The molecule has 0 spiro atoms. The number of aromatic nitrogens is 2. The number of hydrogen-bond donors (Lipinski definition) is 2. The lowest BCUT2D eigenvalue weighted by molar-refractivity contribution is 0.0953. The average molecular weight is 282 g/mol. The van der Waals surface area contributed by atoms with Gasteiger partial charge < -0.3 is 10.6 Å². The van der Waals surface area contributed by atoms with Crippen molar-refractivity contribution in [1.82, 2.24) is 15.3 Å². The minimum atomic E-state index is -0.243. The predicted molar refractivity (Wildman–Crippen MR) is 83.8 cm³/mol. The van der Waals surface area contributed by atoms with Crippen LogP contribution in [0.4, 0.5) is 11.6 Å². The molecule has 1 aromatic heterocycles. The van der Waals surface area contributed by atoms with Crippen LogP contribution in [0.25, 0.3) is 0 Å². The second-order valence-corrected chi connectivity index (χ2v) is 4.71. The molecule has 0 saturated heterocycles. The quantitative estimate of drug-likeness (QED) is 0.827. The molecule has 2 rings (SSSR count). The summed E-state index contributed by atoms with van der Waals surface area (Å²) in [5.74, 6) is 0.162. The van der Waals surface area contributed by atoms with Gasteiger partial charge in [-0.2, -0.15) is 0 Å². The van der Waals surface area contributed by atoms with Gasteiger partial charge in [-0.15, -0.1) is 6.58 Å². The van der Waals surface area contributed by atoms with E-state index < -0.39 is 0 Å². The van der Waals surface area contributed by atoms with Gasteiger partial charge in [-0.05, 0) is 32.0 Å².